The van der Waals surface area contributed by atoms with E-state index >= 15 is 0 Å². The maximum atomic E-state index is 12.7. The number of ether oxygens (including phenoxy) is 1. The first kappa shape index (κ1) is 16.4. The van der Waals surface area contributed by atoms with E-state index in [9.17, 15) is 9.59 Å². The highest BCUT2D eigenvalue weighted by Crippen LogP contribution is 2.37. The van der Waals surface area contributed by atoms with E-state index in [2.05, 4.69) is 21.2 Å². The summed E-state index contributed by atoms with van der Waals surface area (Å²) in [4.78, 5) is 27.4. The SMILES string of the molecule is CC(=O)N[C@H]1C(=O)N(CC[NH+]2CCOCC2)c2ccc(Br)cc21. The third-order valence-corrected chi connectivity index (χ3v) is 4.83. The number of fused-ring (bicyclic) bond motifs is 1. The number of rotatable bonds is 4. The Kier molecular flexibility index (Phi) is 4.99. The molecule has 1 atom stereocenters. The molecule has 0 bridgehead atoms. The topological polar surface area (TPSA) is 63.1 Å². The monoisotopic (exact) mass is 382 g/mol. The van der Waals surface area contributed by atoms with Gasteiger partial charge in [0.15, 0.2) is 0 Å². The molecule has 0 radical (unpaired) electrons. The zero-order chi connectivity index (χ0) is 16.4. The van der Waals surface area contributed by atoms with Gasteiger partial charge >= 0.3 is 0 Å². The summed E-state index contributed by atoms with van der Waals surface area (Å²) in [6, 6.07) is 5.19. The standard InChI is InChI=1S/C16H20BrN3O3/c1-11(21)18-15-13-10-12(17)2-3-14(13)20(16(15)22)5-4-19-6-8-23-9-7-19/h2-3,10,15H,4-9H2,1H3,(H,18,21)/p+1/t15-/m1/s1. The van der Waals surface area contributed by atoms with Gasteiger partial charge in [0.1, 0.15) is 19.1 Å². The van der Waals surface area contributed by atoms with Gasteiger partial charge in [-0.25, -0.2) is 0 Å². The fourth-order valence-electron chi connectivity index (χ4n) is 3.16. The molecule has 2 N–H and O–H groups in total. The fraction of sp³-hybridized carbons (Fsp3) is 0.500. The van der Waals surface area contributed by atoms with Gasteiger partial charge in [-0.2, -0.15) is 0 Å². The van der Waals surface area contributed by atoms with Crippen LogP contribution in [0.25, 0.3) is 0 Å². The number of carbonyl (C=O) groups excluding carboxylic acids is 2. The van der Waals surface area contributed by atoms with Crippen molar-refractivity contribution in [3.05, 3.63) is 28.2 Å². The first-order chi connectivity index (χ1) is 11.1. The molecule has 1 saturated heterocycles. The smallest absolute Gasteiger partial charge is 0.254 e. The van der Waals surface area contributed by atoms with Crippen LogP contribution in [-0.2, 0) is 14.3 Å². The second-order valence-electron chi connectivity index (χ2n) is 5.94. The second-order valence-corrected chi connectivity index (χ2v) is 6.85. The molecule has 1 aromatic carbocycles. The number of nitrogens with zero attached hydrogens (tertiary/aromatic N) is 1. The predicted molar refractivity (Wildman–Crippen MR) is 89.4 cm³/mol. The zero-order valence-corrected chi connectivity index (χ0v) is 14.7. The highest BCUT2D eigenvalue weighted by atomic mass is 79.9. The normalized spacial score (nSPS) is 21.4. The number of amides is 2. The molecule has 0 spiro atoms. The number of anilines is 1. The molecule has 1 aromatic rings. The predicted octanol–water partition coefficient (Wildman–Crippen LogP) is -0.112. The number of morpholine rings is 1. The molecule has 3 rings (SSSR count). The minimum absolute atomic E-state index is 0.0547. The van der Waals surface area contributed by atoms with Gasteiger partial charge in [-0.05, 0) is 18.2 Å². The van der Waals surface area contributed by atoms with Crippen LogP contribution in [0.15, 0.2) is 22.7 Å². The Labute approximate surface area is 143 Å². The summed E-state index contributed by atoms with van der Waals surface area (Å²) in [7, 11) is 0. The number of benzene rings is 1. The molecule has 2 aliphatic heterocycles. The van der Waals surface area contributed by atoms with Gasteiger partial charge in [0.2, 0.25) is 5.91 Å². The Balaban J connectivity index is 1.77. The van der Waals surface area contributed by atoms with Gasteiger partial charge in [0.25, 0.3) is 5.91 Å². The maximum absolute atomic E-state index is 12.7. The lowest BCUT2D eigenvalue weighted by Gasteiger charge is -2.26. The molecule has 0 unspecified atom stereocenters. The molecule has 0 saturated carbocycles. The van der Waals surface area contributed by atoms with Crippen molar-refractivity contribution in [2.24, 2.45) is 0 Å². The quantitative estimate of drug-likeness (QED) is 0.763. The number of hydrogen-bond donors (Lipinski definition) is 2. The van der Waals surface area contributed by atoms with Gasteiger partial charge in [-0.15, -0.1) is 0 Å². The summed E-state index contributed by atoms with van der Waals surface area (Å²) < 4.78 is 6.27. The lowest BCUT2D eigenvalue weighted by atomic mass is 10.1. The molecule has 0 aromatic heterocycles. The van der Waals surface area contributed by atoms with E-state index in [1.165, 1.54) is 11.8 Å². The van der Waals surface area contributed by atoms with Crippen LogP contribution in [0, 0.1) is 0 Å². The molecule has 7 heteroatoms. The number of halogens is 1. The van der Waals surface area contributed by atoms with E-state index in [4.69, 9.17) is 4.74 Å². The lowest BCUT2D eigenvalue weighted by molar-refractivity contribution is -0.906. The molecular formula is C16H21BrN3O3+. The van der Waals surface area contributed by atoms with Crippen LogP contribution in [-0.4, -0.2) is 51.2 Å². The summed E-state index contributed by atoms with van der Waals surface area (Å²) >= 11 is 3.44. The third kappa shape index (κ3) is 3.57. The van der Waals surface area contributed by atoms with Crippen molar-refractivity contribution in [2.75, 3.05) is 44.3 Å². The van der Waals surface area contributed by atoms with Crippen LogP contribution in [0.3, 0.4) is 0 Å². The average molecular weight is 383 g/mol. The molecule has 0 aliphatic carbocycles. The molecule has 2 heterocycles. The van der Waals surface area contributed by atoms with Crippen LogP contribution in [0.1, 0.15) is 18.5 Å². The van der Waals surface area contributed by atoms with Crippen molar-refractivity contribution in [3.8, 4) is 0 Å². The minimum atomic E-state index is -0.584. The Hall–Kier alpha value is -1.44. The van der Waals surface area contributed by atoms with Crippen molar-refractivity contribution in [2.45, 2.75) is 13.0 Å². The molecule has 23 heavy (non-hydrogen) atoms. The number of carbonyl (C=O) groups is 2. The Morgan fingerprint density at radius 3 is 2.87 bits per heavy atom. The summed E-state index contributed by atoms with van der Waals surface area (Å²) in [5, 5.41) is 2.77. The average Bonchev–Trinajstić information content (AvgIpc) is 2.78. The van der Waals surface area contributed by atoms with Gasteiger partial charge in [0, 0.05) is 22.6 Å². The van der Waals surface area contributed by atoms with E-state index in [1.54, 1.807) is 4.90 Å². The Bertz CT molecular complexity index is 617. The van der Waals surface area contributed by atoms with E-state index < -0.39 is 6.04 Å². The molecule has 6 nitrogen and oxygen atoms in total. The van der Waals surface area contributed by atoms with Gasteiger partial charge in [-0.1, -0.05) is 15.9 Å². The Morgan fingerprint density at radius 1 is 1.43 bits per heavy atom. The van der Waals surface area contributed by atoms with Crippen molar-refractivity contribution < 1.29 is 19.2 Å². The second kappa shape index (κ2) is 6.98. The van der Waals surface area contributed by atoms with E-state index in [1.807, 2.05) is 18.2 Å². The van der Waals surface area contributed by atoms with Crippen molar-refractivity contribution in [1.29, 1.82) is 0 Å². The molecule has 2 aliphatic rings. The van der Waals surface area contributed by atoms with Gasteiger partial charge < -0.3 is 19.9 Å². The lowest BCUT2D eigenvalue weighted by Crippen LogP contribution is -3.14. The van der Waals surface area contributed by atoms with E-state index in [-0.39, 0.29) is 11.8 Å². The van der Waals surface area contributed by atoms with Crippen LogP contribution in [0.5, 0.6) is 0 Å². The van der Waals surface area contributed by atoms with Crippen LogP contribution in [0.4, 0.5) is 5.69 Å². The largest absolute Gasteiger partial charge is 0.370 e. The van der Waals surface area contributed by atoms with Crippen LogP contribution < -0.4 is 15.1 Å². The third-order valence-electron chi connectivity index (χ3n) is 4.34. The van der Waals surface area contributed by atoms with Gasteiger partial charge in [-0.3, -0.25) is 9.59 Å². The Morgan fingerprint density at radius 2 is 2.17 bits per heavy atom. The van der Waals surface area contributed by atoms with E-state index in [0.717, 1.165) is 48.6 Å². The fourth-order valence-corrected chi connectivity index (χ4v) is 3.54. The number of hydrogen-bond acceptors (Lipinski definition) is 3. The molecule has 2 amide bonds. The van der Waals surface area contributed by atoms with Gasteiger partial charge in [0.05, 0.1) is 26.3 Å². The maximum Gasteiger partial charge on any atom is 0.254 e. The summed E-state index contributed by atoms with van der Waals surface area (Å²) in [5.74, 6) is -0.254. The molecular weight excluding hydrogens is 362 g/mol. The minimum Gasteiger partial charge on any atom is -0.370 e. The number of quaternary nitrogens is 1. The summed E-state index contributed by atoms with van der Waals surface area (Å²) in [6.07, 6.45) is 0. The van der Waals surface area contributed by atoms with Crippen molar-refractivity contribution in [3.63, 3.8) is 0 Å². The van der Waals surface area contributed by atoms with Crippen molar-refractivity contribution in [1.82, 2.24) is 5.32 Å². The first-order valence-electron chi connectivity index (χ1n) is 7.85. The highest BCUT2D eigenvalue weighted by Gasteiger charge is 2.38. The van der Waals surface area contributed by atoms with Crippen molar-refractivity contribution >= 4 is 33.4 Å². The van der Waals surface area contributed by atoms with Crippen LogP contribution >= 0.6 is 15.9 Å². The summed E-state index contributed by atoms with van der Waals surface area (Å²) in [5.41, 5.74) is 1.75. The van der Waals surface area contributed by atoms with E-state index in [0.29, 0.717) is 6.54 Å². The highest BCUT2D eigenvalue weighted by molar-refractivity contribution is 9.10. The number of nitrogens with one attached hydrogen (secondary N) is 2. The summed E-state index contributed by atoms with van der Waals surface area (Å²) in [6.45, 7) is 6.49. The van der Waals surface area contributed by atoms with Crippen LogP contribution in [0.2, 0.25) is 0 Å². The molecule has 124 valence electrons. The first-order valence-corrected chi connectivity index (χ1v) is 8.65. The zero-order valence-electron chi connectivity index (χ0n) is 13.1. The molecule has 1 fully saturated rings.